The lowest BCUT2D eigenvalue weighted by Gasteiger charge is -2.47. The average Bonchev–Trinajstić information content (AvgIpc) is 3.41. The van der Waals surface area contributed by atoms with Crippen LogP contribution in [0.3, 0.4) is 0 Å². The first kappa shape index (κ1) is 41.0. The summed E-state index contributed by atoms with van der Waals surface area (Å²) < 4.78 is 11.9. The molecule has 0 aliphatic carbocycles. The zero-order chi connectivity index (χ0) is 39.5. The molecule has 2 saturated heterocycles. The fraction of sp³-hybridized carbons (Fsp3) is 0.545. The van der Waals surface area contributed by atoms with Crippen molar-refractivity contribution in [2.75, 3.05) is 39.5 Å². The number of halogens is 2. The van der Waals surface area contributed by atoms with E-state index in [0.29, 0.717) is 66.5 Å². The molecule has 296 valence electrons. The molecule has 11 heteroatoms. The van der Waals surface area contributed by atoms with Gasteiger partial charge in [-0.1, -0.05) is 75.2 Å². The summed E-state index contributed by atoms with van der Waals surface area (Å²) >= 11 is 12.9. The number of hydrogen-bond acceptors (Lipinski definition) is 6. The second-order valence-electron chi connectivity index (χ2n) is 16.5. The highest BCUT2D eigenvalue weighted by Crippen LogP contribution is 2.54. The van der Waals surface area contributed by atoms with Crippen molar-refractivity contribution in [2.45, 2.75) is 110 Å². The number of likely N-dealkylation sites (tertiary alicyclic amines) is 1. The van der Waals surface area contributed by atoms with Crippen molar-refractivity contribution in [3.63, 3.8) is 0 Å². The van der Waals surface area contributed by atoms with Crippen LogP contribution in [-0.2, 0) is 26.0 Å². The van der Waals surface area contributed by atoms with Gasteiger partial charge in [0.15, 0.2) is 0 Å². The second-order valence-corrected chi connectivity index (χ2v) is 17.4. The highest BCUT2D eigenvalue weighted by molar-refractivity contribution is 6.30. The van der Waals surface area contributed by atoms with Gasteiger partial charge in [0.25, 0.3) is 0 Å². The lowest BCUT2D eigenvalue weighted by Crippen LogP contribution is -2.59. The number of aliphatic imine (C=N–C) groups is 1. The molecule has 4 heterocycles. The largest absolute Gasteiger partial charge is 0.493 e. The Morgan fingerprint density at radius 1 is 0.927 bits per heavy atom. The number of benzene rings is 2. The Morgan fingerprint density at radius 2 is 1.53 bits per heavy atom. The minimum absolute atomic E-state index is 0.157. The highest BCUT2D eigenvalue weighted by Gasteiger charge is 2.60. The molecule has 2 aromatic carbocycles. The summed E-state index contributed by atoms with van der Waals surface area (Å²) in [5.74, 6) is 1.52. The van der Waals surface area contributed by atoms with E-state index < -0.39 is 11.1 Å². The molecule has 3 aromatic rings. The van der Waals surface area contributed by atoms with Crippen LogP contribution < -0.4 is 4.74 Å². The quantitative estimate of drug-likeness (QED) is 0.204. The van der Waals surface area contributed by atoms with Crippen LogP contribution in [0.25, 0.3) is 0 Å². The molecule has 3 amide bonds. The topological polar surface area (TPSA) is 87.6 Å². The fourth-order valence-electron chi connectivity index (χ4n) is 8.44. The number of carbonyl (C=O) groups excluding carboxylic acids is 2. The van der Waals surface area contributed by atoms with E-state index in [4.69, 9.17) is 42.7 Å². The van der Waals surface area contributed by atoms with E-state index in [9.17, 15) is 4.79 Å². The molecule has 55 heavy (non-hydrogen) atoms. The lowest BCUT2D eigenvalue weighted by molar-refractivity contribution is -0.136. The standard InChI is InChI=1S/C44H57Cl2N5O4/c1-8-22-50(35-20-25-54-26-21-35)39(52)27-30-18-23-49(24-19-30)41(53)51-40(36-29-47-38(42(3,4)5)28-37(36)55-9-2)48-43(6,31-10-14-33(45)15-11-31)44(51,7)32-12-16-34(46)17-13-32/h10-17,28-30,35H,8-9,18-27H2,1-7H3/t43-,44+/m0/s1. The molecule has 9 nitrogen and oxygen atoms in total. The van der Waals surface area contributed by atoms with E-state index in [1.165, 1.54) is 0 Å². The average molecular weight is 791 g/mol. The number of pyridine rings is 1. The number of rotatable bonds is 10. The Bertz CT molecular complexity index is 1850. The Balaban J connectivity index is 1.39. The SMILES string of the molecule is CCCN(C(=O)CC1CCN(C(=O)N2C(c3cnc(C(C)(C)C)cc3OCC)=N[C@@](C)(c3ccc(Cl)cc3)[C@@]2(C)c2ccc(Cl)cc2)CC1)C1CCOCC1. The highest BCUT2D eigenvalue weighted by atomic mass is 35.5. The summed E-state index contributed by atoms with van der Waals surface area (Å²) in [6, 6.07) is 17.5. The Labute approximate surface area is 337 Å². The summed E-state index contributed by atoms with van der Waals surface area (Å²) in [6.07, 6.45) is 6.48. The van der Waals surface area contributed by atoms with E-state index in [1.807, 2.05) is 71.3 Å². The molecule has 0 bridgehead atoms. The predicted molar refractivity (Wildman–Crippen MR) is 220 cm³/mol. The maximum Gasteiger partial charge on any atom is 0.326 e. The van der Waals surface area contributed by atoms with Gasteiger partial charge in [-0.2, -0.15) is 0 Å². The van der Waals surface area contributed by atoms with Crippen LogP contribution in [0, 0.1) is 5.92 Å². The van der Waals surface area contributed by atoms with Crippen molar-refractivity contribution in [1.82, 2.24) is 19.7 Å². The molecule has 1 aromatic heterocycles. The lowest BCUT2D eigenvalue weighted by atomic mass is 9.71. The van der Waals surface area contributed by atoms with Crippen molar-refractivity contribution in [3.8, 4) is 5.75 Å². The predicted octanol–water partition coefficient (Wildman–Crippen LogP) is 9.62. The second kappa shape index (κ2) is 16.8. The van der Waals surface area contributed by atoms with Crippen LogP contribution >= 0.6 is 23.2 Å². The molecule has 0 radical (unpaired) electrons. The molecule has 6 rings (SSSR count). The summed E-state index contributed by atoms with van der Waals surface area (Å²) in [6.45, 7) is 18.3. The van der Waals surface area contributed by atoms with E-state index in [-0.39, 0.29) is 29.3 Å². The van der Waals surface area contributed by atoms with Gasteiger partial charge >= 0.3 is 6.03 Å². The first-order chi connectivity index (χ1) is 26.2. The fourth-order valence-corrected chi connectivity index (χ4v) is 8.69. The monoisotopic (exact) mass is 789 g/mol. The minimum Gasteiger partial charge on any atom is -0.493 e. The van der Waals surface area contributed by atoms with Gasteiger partial charge in [-0.3, -0.25) is 19.7 Å². The van der Waals surface area contributed by atoms with E-state index >= 15 is 4.79 Å². The Morgan fingerprint density at radius 3 is 2.09 bits per heavy atom. The number of piperidine rings is 1. The molecular weight excluding hydrogens is 733 g/mol. The van der Waals surface area contributed by atoms with E-state index in [0.717, 1.165) is 55.5 Å². The summed E-state index contributed by atoms with van der Waals surface area (Å²) in [4.78, 5) is 45.5. The van der Waals surface area contributed by atoms with Gasteiger partial charge in [-0.25, -0.2) is 4.79 Å². The van der Waals surface area contributed by atoms with Crippen LogP contribution in [0.2, 0.25) is 10.0 Å². The maximum atomic E-state index is 15.4. The van der Waals surface area contributed by atoms with Crippen LogP contribution in [0.15, 0.2) is 65.8 Å². The smallest absolute Gasteiger partial charge is 0.326 e. The van der Waals surface area contributed by atoms with Crippen molar-refractivity contribution in [1.29, 1.82) is 0 Å². The van der Waals surface area contributed by atoms with Crippen LogP contribution in [0.1, 0.15) is 109 Å². The van der Waals surface area contributed by atoms with Crippen LogP contribution in [0.4, 0.5) is 4.79 Å². The number of amides is 3. The zero-order valence-electron chi connectivity index (χ0n) is 33.5. The number of urea groups is 1. The van der Waals surface area contributed by atoms with Crippen molar-refractivity contribution >= 4 is 41.0 Å². The molecular formula is C44H57Cl2N5O4. The van der Waals surface area contributed by atoms with Crippen molar-refractivity contribution < 1.29 is 19.1 Å². The third kappa shape index (κ3) is 8.26. The first-order valence-electron chi connectivity index (χ1n) is 19.9. The van der Waals surface area contributed by atoms with Gasteiger partial charge in [-0.15, -0.1) is 0 Å². The van der Waals surface area contributed by atoms with Crippen molar-refractivity contribution in [3.05, 3.63) is 93.2 Å². The Hall–Kier alpha value is -3.66. The van der Waals surface area contributed by atoms with Gasteiger partial charge in [0.1, 0.15) is 22.7 Å². The minimum atomic E-state index is -1.03. The number of amidine groups is 1. The van der Waals surface area contributed by atoms with E-state index in [1.54, 1.807) is 6.20 Å². The number of nitrogens with zero attached hydrogens (tertiary/aromatic N) is 5. The molecule has 0 unspecified atom stereocenters. The van der Waals surface area contributed by atoms with Gasteiger partial charge < -0.3 is 19.3 Å². The van der Waals surface area contributed by atoms with Crippen molar-refractivity contribution in [2.24, 2.45) is 10.9 Å². The zero-order valence-corrected chi connectivity index (χ0v) is 35.1. The molecule has 2 atom stereocenters. The molecule has 0 N–H and O–H groups in total. The number of aromatic nitrogens is 1. The maximum absolute atomic E-state index is 15.4. The first-order valence-corrected chi connectivity index (χ1v) is 20.7. The number of carbonyl (C=O) groups is 2. The number of hydrogen-bond donors (Lipinski definition) is 0. The summed E-state index contributed by atoms with van der Waals surface area (Å²) in [5.41, 5.74) is 1.08. The van der Waals surface area contributed by atoms with Gasteiger partial charge in [0, 0.05) is 78.7 Å². The van der Waals surface area contributed by atoms with Gasteiger partial charge in [-0.05, 0) is 94.2 Å². The molecule has 3 aliphatic heterocycles. The van der Waals surface area contributed by atoms with Crippen LogP contribution in [0.5, 0.6) is 5.75 Å². The van der Waals surface area contributed by atoms with Gasteiger partial charge in [0.05, 0.1) is 12.2 Å². The molecule has 0 saturated carbocycles. The van der Waals surface area contributed by atoms with Gasteiger partial charge in [0.2, 0.25) is 5.91 Å². The van der Waals surface area contributed by atoms with E-state index in [2.05, 4.69) is 46.4 Å². The molecule has 0 spiro atoms. The summed E-state index contributed by atoms with van der Waals surface area (Å²) in [5, 5.41) is 1.22. The third-order valence-corrected chi connectivity index (χ3v) is 12.4. The molecule has 3 aliphatic rings. The molecule has 2 fully saturated rings. The Kier molecular flexibility index (Phi) is 12.5. The normalized spacial score (nSPS) is 22.5. The van der Waals surface area contributed by atoms with Crippen LogP contribution in [-0.4, -0.2) is 83.0 Å². The number of ether oxygens (including phenoxy) is 2. The third-order valence-electron chi connectivity index (χ3n) is 11.9. The summed E-state index contributed by atoms with van der Waals surface area (Å²) in [7, 11) is 0.